The first-order valence-corrected chi connectivity index (χ1v) is 5.39. The molecule has 2 N–H and O–H groups in total. The van der Waals surface area contributed by atoms with Crippen LogP contribution in [0.2, 0.25) is 0 Å². The number of aliphatic carboxylic acids is 2. The molecule has 0 heterocycles. The first kappa shape index (κ1) is 15.3. The molecule has 0 aliphatic heterocycles. The summed E-state index contributed by atoms with van der Waals surface area (Å²) in [5, 5.41) is 16.6. The van der Waals surface area contributed by atoms with Crippen LogP contribution >= 0.6 is 0 Å². The summed E-state index contributed by atoms with van der Waals surface area (Å²) in [6.45, 7) is 0. The van der Waals surface area contributed by atoms with Crippen LogP contribution in [0.3, 0.4) is 0 Å². The fraction of sp³-hybridized carbons (Fsp3) is 0.636. The van der Waals surface area contributed by atoms with Crippen molar-refractivity contribution in [3.05, 3.63) is 0 Å². The van der Waals surface area contributed by atoms with E-state index in [1.807, 2.05) is 0 Å². The Bertz CT molecular complexity index is 277. The quantitative estimate of drug-likeness (QED) is 0.438. The molecule has 0 unspecified atom stereocenters. The van der Waals surface area contributed by atoms with Crippen molar-refractivity contribution in [3.63, 3.8) is 0 Å². The van der Waals surface area contributed by atoms with Crippen LogP contribution in [-0.4, -0.2) is 33.7 Å². The zero-order chi connectivity index (χ0) is 13.3. The van der Waals surface area contributed by atoms with E-state index in [0.717, 1.165) is 0 Å². The minimum absolute atomic E-state index is 0.194. The summed E-state index contributed by atoms with van der Waals surface area (Å²) in [5.74, 6) is -2.91. The molecule has 0 aliphatic carbocycles. The van der Waals surface area contributed by atoms with Crippen molar-refractivity contribution in [2.45, 2.75) is 44.9 Å². The lowest BCUT2D eigenvalue weighted by Gasteiger charge is -1.99. The number of ketones is 2. The van der Waals surface area contributed by atoms with Crippen molar-refractivity contribution in [2.75, 3.05) is 0 Å². The highest BCUT2D eigenvalue weighted by Gasteiger charge is 2.09. The van der Waals surface area contributed by atoms with Gasteiger partial charge in [-0.2, -0.15) is 0 Å². The lowest BCUT2D eigenvalue weighted by Crippen LogP contribution is -2.07. The van der Waals surface area contributed by atoms with Gasteiger partial charge in [0.2, 0.25) is 0 Å². The van der Waals surface area contributed by atoms with Crippen LogP contribution in [0.15, 0.2) is 0 Å². The van der Waals surface area contributed by atoms with E-state index in [4.69, 9.17) is 10.2 Å². The summed E-state index contributed by atoms with van der Waals surface area (Å²) in [5.41, 5.74) is 0. The third kappa shape index (κ3) is 10.6. The van der Waals surface area contributed by atoms with Gasteiger partial charge in [0.25, 0.3) is 0 Å². The summed E-state index contributed by atoms with van der Waals surface area (Å²) in [7, 11) is 0. The summed E-state index contributed by atoms with van der Waals surface area (Å²) < 4.78 is 0. The van der Waals surface area contributed by atoms with E-state index in [2.05, 4.69) is 0 Å². The number of carbonyl (C=O) groups is 4. The van der Waals surface area contributed by atoms with Gasteiger partial charge in [-0.1, -0.05) is 6.42 Å². The van der Waals surface area contributed by atoms with Crippen molar-refractivity contribution < 1.29 is 29.4 Å². The molecular formula is C11H16O6. The van der Waals surface area contributed by atoms with Crippen molar-refractivity contribution in [1.29, 1.82) is 0 Å². The molecule has 0 saturated heterocycles. The molecule has 0 fully saturated rings. The molecule has 17 heavy (non-hydrogen) atoms. The van der Waals surface area contributed by atoms with Crippen LogP contribution in [-0.2, 0) is 19.2 Å². The highest BCUT2D eigenvalue weighted by Crippen LogP contribution is 2.06. The highest BCUT2D eigenvalue weighted by molar-refractivity contribution is 5.95. The number of unbranched alkanes of at least 4 members (excludes halogenated alkanes) is 2. The average molecular weight is 244 g/mol. The first-order chi connectivity index (χ1) is 7.91. The van der Waals surface area contributed by atoms with E-state index in [0.29, 0.717) is 19.3 Å². The predicted molar refractivity (Wildman–Crippen MR) is 57.6 cm³/mol. The second kappa shape index (κ2) is 8.43. The van der Waals surface area contributed by atoms with Crippen LogP contribution in [0.5, 0.6) is 0 Å². The third-order valence-electron chi connectivity index (χ3n) is 2.11. The largest absolute Gasteiger partial charge is 0.481 e. The minimum atomic E-state index is -1.13. The van der Waals surface area contributed by atoms with Crippen LogP contribution < -0.4 is 0 Å². The molecule has 0 amide bonds. The van der Waals surface area contributed by atoms with Crippen molar-refractivity contribution >= 4 is 23.5 Å². The van der Waals surface area contributed by atoms with E-state index in [1.54, 1.807) is 0 Å². The van der Waals surface area contributed by atoms with Gasteiger partial charge in [-0.25, -0.2) is 0 Å². The maximum atomic E-state index is 11.0. The Labute approximate surface area is 98.6 Å². The number of hydrogen-bond donors (Lipinski definition) is 2. The van der Waals surface area contributed by atoms with Gasteiger partial charge >= 0.3 is 11.9 Å². The first-order valence-electron chi connectivity index (χ1n) is 5.39. The number of carboxylic acids is 2. The Morgan fingerprint density at radius 3 is 1.29 bits per heavy atom. The topological polar surface area (TPSA) is 109 Å². The normalized spacial score (nSPS) is 9.88. The van der Waals surface area contributed by atoms with Gasteiger partial charge in [0, 0.05) is 12.8 Å². The van der Waals surface area contributed by atoms with Crippen LogP contribution in [0.4, 0.5) is 0 Å². The van der Waals surface area contributed by atoms with Crippen LogP contribution in [0.25, 0.3) is 0 Å². The maximum absolute atomic E-state index is 11.0. The van der Waals surface area contributed by atoms with E-state index in [1.165, 1.54) is 0 Å². The van der Waals surface area contributed by atoms with Gasteiger partial charge in [0.05, 0.1) is 0 Å². The Balaban J connectivity index is 3.46. The predicted octanol–water partition coefficient (Wildman–Crippen LogP) is 1.02. The molecule has 0 aromatic rings. The SMILES string of the molecule is O=C(O)CC(=O)CCCCCC(=O)CC(=O)O. The molecule has 0 aromatic carbocycles. The molecule has 0 bridgehead atoms. The zero-order valence-corrected chi connectivity index (χ0v) is 9.48. The number of hydrogen-bond acceptors (Lipinski definition) is 4. The second-order valence-corrected chi connectivity index (χ2v) is 3.78. The van der Waals surface area contributed by atoms with Crippen molar-refractivity contribution in [2.24, 2.45) is 0 Å². The molecule has 0 saturated carbocycles. The molecule has 0 radical (unpaired) electrons. The Kier molecular flexibility index (Phi) is 7.58. The van der Waals surface area contributed by atoms with E-state index in [9.17, 15) is 19.2 Å². The molecule has 0 aromatic heterocycles. The summed E-state index contributed by atoms with van der Waals surface area (Å²) in [4.78, 5) is 42.3. The van der Waals surface area contributed by atoms with Crippen molar-refractivity contribution in [1.82, 2.24) is 0 Å². The molecule has 96 valence electrons. The molecule has 0 rings (SSSR count). The van der Waals surface area contributed by atoms with E-state index >= 15 is 0 Å². The van der Waals surface area contributed by atoms with Gasteiger partial charge < -0.3 is 10.2 Å². The molecule has 0 spiro atoms. The third-order valence-corrected chi connectivity index (χ3v) is 2.11. The number of rotatable bonds is 10. The van der Waals surface area contributed by atoms with Crippen LogP contribution in [0.1, 0.15) is 44.9 Å². The van der Waals surface area contributed by atoms with Gasteiger partial charge in [0.15, 0.2) is 0 Å². The summed E-state index contributed by atoms with van der Waals surface area (Å²) >= 11 is 0. The molecule has 6 heteroatoms. The Hall–Kier alpha value is -1.72. The lowest BCUT2D eigenvalue weighted by atomic mass is 10.1. The fourth-order valence-electron chi connectivity index (χ4n) is 1.34. The van der Waals surface area contributed by atoms with Crippen molar-refractivity contribution in [3.8, 4) is 0 Å². The average Bonchev–Trinajstić information content (AvgIpc) is 2.14. The number of carboxylic acid groups (broad SMARTS) is 2. The monoisotopic (exact) mass is 244 g/mol. The summed E-state index contributed by atoms with van der Waals surface area (Å²) in [6, 6.07) is 0. The number of carbonyl (C=O) groups excluding carboxylic acids is 2. The second-order valence-electron chi connectivity index (χ2n) is 3.78. The highest BCUT2D eigenvalue weighted by atomic mass is 16.4. The summed E-state index contributed by atoms with van der Waals surface area (Å²) in [6.07, 6.45) is 1.16. The molecular weight excluding hydrogens is 228 g/mol. The molecule has 6 nitrogen and oxygen atoms in total. The maximum Gasteiger partial charge on any atom is 0.310 e. The smallest absolute Gasteiger partial charge is 0.310 e. The zero-order valence-electron chi connectivity index (χ0n) is 9.48. The lowest BCUT2D eigenvalue weighted by molar-refractivity contribution is -0.141. The van der Waals surface area contributed by atoms with E-state index in [-0.39, 0.29) is 24.4 Å². The Morgan fingerprint density at radius 2 is 1.00 bits per heavy atom. The van der Waals surface area contributed by atoms with Gasteiger partial charge in [-0.3, -0.25) is 19.2 Å². The standard InChI is InChI=1S/C11H16O6/c12-8(6-10(14)15)4-2-1-3-5-9(13)7-11(16)17/h1-7H2,(H,14,15)(H,16,17). The number of Topliss-reactive ketones (excluding diaryl/α,β-unsaturated/α-hetero) is 2. The Morgan fingerprint density at radius 1 is 0.647 bits per heavy atom. The van der Waals surface area contributed by atoms with E-state index < -0.39 is 24.8 Å². The van der Waals surface area contributed by atoms with Gasteiger partial charge in [0.1, 0.15) is 24.4 Å². The van der Waals surface area contributed by atoms with Gasteiger partial charge in [-0.05, 0) is 12.8 Å². The fourth-order valence-corrected chi connectivity index (χ4v) is 1.34. The van der Waals surface area contributed by atoms with Crippen LogP contribution in [0, 0.1) is 0 Å². The molecule has 0 atom stereocenters. The molecule has 0 aliphatic rings. The minimum Gasteiger partial charge on any atom is -0.481 e. The van der Waals surface area contributed by atoms with Gasteiger partial charge in [-0.15, -0.1) is 0 Å².